The highest BCUT2D eigenvalue weighted by atomic mass is 16.5. The van der Waals surface area contributed by atoms with Gasteiger partial charge in [0.25, 0.3) is 5.91 Å². The number of pyridine rings is 1. The molecule has 28 heavy (non-hydrogen) atoms. The quantitative estimate of drug-likeness (QED) is 0.643. The van der Waals surface area contributed by atoms with Crippen molar-refractivity contribution in [1.29, 1.82) is 0 Å². The molecule has 1 amide bonds. The summed E-state index contributed by atoms with van der Waals surface area (Å²) in [6.07, 6.45) is 3.21. The summed E-state index contributed by atoms with van der Waals surface area (Å²) in [7, 11) is 3.22. The van der Waals surface area contributed by atoms with Crippen LogP contribution in [0.4, 0.5) is 11.4 Å². The Labute approximate surface area is 164 Å². The topological polar surface area (TPSA) is 72.5 Å². The lowest BCUT2D eigenvalue weighted by atomic mass is 10.2. The van der Waals surface area contributed by atoms with Crippen LogP contribution in [0.2, 0.25) is 0 Å². The van der Waals surface area contributed by atoms with Crippen LogP contribution in [0.5, 0.6) is 11.5 Å². The van der Waals surface area contributed by atoms with Crippen LogP contribution in [0.15, 0.2) is 60.9 Å². The van der Waals surface area contributed by atoms with Gasteiger partial charge >= 0.3 is 0 Å². The van der Waals surface area contributed by atoms with Gasteiger partial charge in [-0.25, -0.2) is 0 Å². The summed E-state index contributed by atoms with van der Waals surface area (Å²) in [5, 5.41) is 6.17. The van der Waals surface area contributed by atoms with Crippen molar-refractivity contribution in [2.24, 2.45) is 0 Å². The number of carbonyl (C=O) groups is 1. The normalized spacial score (nSPS) is 10.2. The van der Waals surface area contributed by atoms with Crippen LogP contribution in [0.25, 0.3) is 0 Å². The lowest BCUT2D eigenvalue weighted by Crippen LogP contribution is -2.13. The van der Waals surface area contributed by atoms with E-state index in [-0.39, 0.29) is 5.91 Å². The van der Waals surface area contributed by atoms with Crippen molar-refractivity contribution in [2.45, 2.75) is 13.5 Å². The zero-order valence-corrected chi connectivity index (χ0v) is 16.2. The van der Waals surface area contributed by atoms with Crippen molar-refractivity contribution in [3.63, 3.8) is 0 Å². The van der Waals surface area contributed by atoms with Crippen LogP contribution in [0.1, 0.15) is 21.5 Å². The largest absolute Gasteiger partial charge is 0.496 e. The van der Waals surface area contributed by atoms with Gasteiger partial charge < -0.3 is 20.1 Å². The van der Waals surface area contributed by atoms with Gasteiger partial charge in [0, 0.05) is 24.5 Å². The third-order valence-electron chi connectivity index (χ3n) is 4.28. The monoisotopic (exact) mass is 377 g/mol. The predicted molar refractivity (Wildman–Crippen MR) is 110 cm³/mol. The molecule has 6 nitrogen and oxygen atoms in total. The molecular weight excluding hydrogens is 354 g/mol. The van der Waals surface area contributed by atoms with Crippen LogP contribution in [-0.4, -0.2) is 25.1 Å². The van der Waals surface area contributed by atoms with Crippen LogP contribution in [0.3, 0.4) is 0 Å². The van der Waals surface area contributed by atoms with Gasteiger partial charge in [-0.3, -0.25) is 9.78 Å². The van der Waals surface area contributed by atoms with Crippen LogP contribution >= 0.6 is 0 Å². The van der Waals surface area contributed by atoms with Gasteiger partial charge in [0.15, 0.2) is 0 Å². The summed E-state index contributed by atoms with van der Waals surface area (Å²) >= 11 is 0. The number of nitrogens with zero attached hydrogens (tertiary/aromatic N) is 1. The first-order valence-electron chi connectivity index (χ1n) is 8.87. The van der Waals surface area contributed by atoms with E-state index in [2.05, 4.69) is 15.6 Å². The zero-order chi connectivity index (χ0) is 19.9. The third kappa shape index (κ3) is 4.59. The van der Waals surface area contributed by atoms with Gasteiger partial charge in [-0.15, -0.1) is 0 Å². The molecule has 6 heteroatoms. The molecule has 1 aromatic heterocycles. The van der Waals surface area contributed by atoms with E-state index in [0.717, 1.165) is 22.6 Å². The molecule has 3 rings (SSSR count). The predicted octanol–water partition coefficient (Wildman–Crippen LogP) is 4.27. The molecule has 0 bridgehead atoms. The molecule has 0 aliphatic heterocycles. The number of hydrogen-bond donors (Lipinski definition) is 2. The van der Waals surface area contributed by atoms with Crippen molar-refractivity contribution in [1.82, 2.24) is 4.98 Å². The van der Waals surface area contributed by atoms with Crippen LogP contribution < -0.4 is 20.1 Å². The summed E-state index contributed by atoms with van der Waals surface area (Å²) in [6.45, 7) is 2.52. The highest BCUT2D eigenvalue weighted by Gasteiger charge is 2.11. The summed E-state index contributed by atoms with van der Waals surface area (Å²) in [6, 6.07) is 15.2. The molecule has 0 aliphatic rings. The number of benzene rings is 2. The minimum absolute atomic E-state index is 0.252. The number of amides is 1. The van der Waals surface area contributed by atoms with Crippen LogP contribution in [-0.2, 0) is 6.54 Å². The van der Waals surface area contributed by atoms with Gasteiger partial charge in [-0.2, -0.15) is 0 Å². The number of methoxy groups -OCH3 is 2. The minimum atomic E-state index is -0.252. The molecule has 0 aliphatic carbocycles. The highest BCUT2D eigenvalue weighted by molar-refractivity contribution is 6.05. The molecule has 0 unspecified atom stereocenters. The molecule has 3 aromatic rings. The maximum atomic E-state index is 12.7. The molecule has 1 heterocycles. The first-order valence-corrected chi connectivity index (χ1v) is 8.87. The van der Waals surface area contributed by atoms with Gasteiger partial charge in [0.1, 0.15) is 11.5 Å². The second-order valence-corrected chi connectivity index (χ2v) is 6.29. The van der Waals surface area contributed by atoms with E-state index < -0.39 is 0 Å². The van der Waals surface area contributed by atoms with E-state index in [1.807, 2.05) is 49.4 Å². The SMILES string of the molecule is COc1ccccc1CNc1cncc(C(=O)Nc2cc(C)ccc2OC)c1. The molecule has 0 fully saturated rings. The van der Waals surface area contributed by atoms with E-state index in [4.69, 9.17) is 9.47 Å². The Morgan fingerprint density at radius 2 is 1.79 bits per heavy atom. The van der Waals surface area contributed by atoms with Crippen molar-refractivity contribution >= 4 is 17.3 Å². The number of hydrogen-bond acceptors (Lipinski definition) is 5. The maximum absolute atomic E-state index is 12.7. The summed E-state index contributed by atoms with van der Waals surface area (Å²) in [4.78, 5) is 16.8. The first kappa shape index (κ1) is 19.2. The number of rotatable bonds is 7. The van der Waals surface area contributed by atoms with Crippen molar-refractivity contribution in [3.8, 4) is 11.5 Å². The molecule has 0 atom stereocenters. The molecule has 144 valence electrons. The van der Waals surface area contributed by atoms with E-state index >= 15 is 0 Å². The Hall–Kier alpha value is -3.54. The van der Waals surface area contributed by atoms with Crippen molar-refractivity contribution < 1.29 is 14.3 Å². The lowest BCUT2D eigenvalue weighted by molar-refractivity contribution is 0.102. The molecular formula is C22H23N3O3. The Balaban J connectivity index is 1.72. The maximum Gasteiger partial charge on any atom is 0.257 e. The van der Waals surface area contributed by atoms with E-state index in [9.17, 15) is 4.79 Å². The van der Waals surface area contributed by atoms with E-state index in [1.165, 1.54) is 6.20 Å². The van der Waals surface area contributed by atoms with E-state index in [1.54, 1.807) is 26.5 Å². The molecule has 0 saturated carbocycles. The summed E-state index contributed by atoms with van der Waals surface area (Å²) in [5.74, 6) is 1.16. The average Bonchev–Trinajstić information content (AvgIpc) is 2.73. The Morgan fingerprint density at radius 1 is 1.00 bits per heavy atom. The number of aromatic nitrogens is 1. The van der Waals surface area contributed by atoms with Gasteiger partial charge in [-0.05, 0) is 36.8 Å². The number of ether oxygens (including phenoxy) is 2. The fourth-order valence-electron chi connectivity index (χ4n) is 2.82. The smallest absolute Gasteiger partial charge is 0.257 e. The second kappa shape index (κ2) is 8.90. The Bertz CT molecular complexity index is 973. The summed E-state index contributed by atoms with van der Waals surface area (Å²) in [5.41, 5.74) is 3.87. The third-order valence-corrected chi connectivity index (χ3v) is 4.28. The molecule has 0 saturated heterocycles. The van der Waals surface area contributed by atoms with Crippen molar-refractivity contribution in [2.75, 3.05) is 24.9 Å². The van der Waals surface area contributed by atoms with Crippen molar-refractivity contribution in [3.05, 3.63) is 77.6 Å². The number of aryl methyl sites for hydroxylation is 1. The average molecular weight is 377 g/mol. The lowest BCUT2D eigenvalue weighted by Gasteiger charge is -2.12. The van der Waals surface area contributed by atoms with Crippen LogP contribution in [0, 0.1) is 6.92 Å². The highest BCUT2D eigenvalue weighted by Crippen LogP contribution is 2.26. The Kier molecular flexibility index (Phi) is 6.11. The molecule has 2 N–H and O–H groups in total. The van der Waals surface area contributed by atoms with E-state index in [0.29, 0.717) is 23.5 Å². The standard InChI is InChI=1S/C22H23N3O3/c1-15-8-9-21(28-3)19(10-15)25-22(26)17-11-18(14-23-12-17)24-13-16-6-4-5-7-20(16)27-2/h4-12,14,24H,13H2,1-3H3,(H,25,26). The first-order chi connectivity index (χ1) is 13.6. The zero-order valence-electron chi connectivity index (χ0n) is 16.2. The Morgan fingerprint density at radius 3 is 2.57 bits per heavy atom. The van der Waals surface area contributed by atoms with Gasteiger partial charge in [0.2, 0.25) is 0 Å². The van der Waals surface area contributed by atoms with Gasteiger partial charge in [-0.1, -0.05) is 24.3 Å². The fourth-order valence-corrected chi connectivity index (χ4v) is 2.82. The number of nitrogens with one attached hydrogen (secondary N) is 2. The number of carbonyl (C=O) groups excluding carboxylic acids is 1. The minimum Gasteiger partial charge on any atom is -0.496 e. The molecule has 2 aromatic carbocycles. The fraction of sp³-hybridized carbons (Fsp3) is 0.182. The number of anilines is 2. The molecule has 0 spiro atoms. The molecule has 0 radical (unpaired) electrons. The second-order valence-electron chi connectivity index (χ2n) is 6.29. The van der Waals surface area contributed by atoms with Gasteiger partial charge in [0.05, 0.1) is 31.2 Å². The summed E-state index contributed by atoms with van der Waals surface area (Å²) < 4.78 is 10.7. The number of para-hydroxylation sites is 1.